The summed E-state index contributed by atoms with van der Waals surface area (Å²) in [6.45, 7) is -0.285. The smallest absolute Gasteiger partial charge is 0.262 e. The van der Waals surface area contributed by atoms with E-state index in [1.54, 1.807) is 18.2 Å². The fourth-order valence-corrected chi connectivity index (χ4v) is 2.36. The lowest BCUT2D eigenvalue weighted by molar-refractivity contribution is -0.118. The quantitative estimate of drug-likeness (QED) is 0.757. The minimum atomic E-state index is -0.503. The zero-order valence-electron chi connectivity index (χ0n) is 11.8. The molecule has 3 rings (SSSR count). The van der Waals surface area contributed by atoms with Gasteiger partial charge in [-0.25, -0.2) is 14.4 Å². The van der Waals surface area contributed by atoms with E-state index in [9.17, 15) is 9.18 Å². The molecule has 116 valence electrons. The summed E-state index contributed by atoms with van der Waals surface area (Å²) in [5, 5.41) is 3.13. The van der Waals surface area contributed by atoms with Gasteiger partial charge in [0.1, 0.15) is 12.1 Å². The number of carbonyl (C=O) groups is 1. The zero-order valence-corrected chi connectivity index (χ0v) is 13.4. The lowest BCUT2D eigenvalue weighted by atomic mass is 10.2. The van der Waals surface area contributed by atoms with Gasteiger partial charge >= 0.3 is 0 Å². The Morgan fingerprint density at radius 3 is 2.87 bits per heavy atom. The van der Waals surface area contributed by atoms with Gasteiger partial charge in [0.25, 0.3) is 5.91 Å². The Morgan fingerprint density at radius 1 is 1.22 bits per heavy atom. The average Bonchev–Trinajstić information content (AvgIpc) is 2.55. The number of halogens is 2. The fourth-order valence-electron chi connectivity index (χ4n) is 2.00. The molecule has 1 heterocycles. The lowest BCUT2D eigenvalue weighted by Gasteiger charge is -2.09. The first-order valence-corrected chi connectivity index (χ1v) is 7.50. The molecule has 0 fully saturated rings. The van der Waals surface area contributed by atoms with Crippen LogP contribution in [0.5, 0.6) is 5.88 Å². The van der Waals surface area contributed by atoms with Gasteiger partial charge in [0, 0.05) is 4.47 Å². The van der Waals surface area contributed by atoms with Gasteiger partial charge in [-0.2, -0.15) is 0 Å². The van der Waals surface area contributed by atoms with Crippen LogP contribution in [-0.2, 0) is 4.79 Å². The highest BCUT2D eigenvalue weighted by Crippen LogP contribution is 2.24. The summed E-state index contributed by atoms with van der Waals surface area (Å²) in [6.07, 6.45) is 1.36. The predicted octanol–water partition coefficient (Wildman–Crippen LogP) is 3.55. The Labute approximate surface area is 139 Å². The number of hydrogen-bond donors (Lipinski definition) is 1. The summed E-state index contributed by atoms with van der Waals surface area (Å²) >= 11 is 3.37. The number of benzene rings is 2. The average molecular weight is 376 g/mol. The molecule has 0 aliphatic heterocycles. The molecule has 1 amide bonds. The number of nitrogens with zero attached hydrogens (tertiary/aromatic N) is 2. The molecule has 1 aromatic heterocycles. The third-order valence-electron chi connectivity index (χ3n) is 3.05. The molecule has 0 saturated carbocycles. The van der Waals surface area contributed by atoms with E-state index in [1.165, 1.54) is 18.5 Å². The highest BCUT2D eigenvalue weighted by atomic mass is 79.9. The SMILES string of the molecule is O=C(COc1ncnc2ccc(Br)cc12)Nc1ccccc1F. The maximum atomic E-state index is 13.5. The van der Waals surface area contributed by atoms with Crippen molar-refractivity contribution in [2.75, 3.05) is 11.9 Å². The van der Waals surface area contributed by atoms with E-state index in [0.717, 1.165) is 4.47 Å². The Balaban J connectivity index is 1.72. The van der Waals surface area contributed by atoms with Crippen molar-refractivity contribution in [3.8, 4) is 5.88 Å². The number of para-hydroxylation sites is 1. The van der Waals surface area contributed by atoms with Crippen LogP contribution in [-0.4, -0.2) is 22.5 Å². The molecule has 5 nitrogen and oxygen atoms in total. The van der Waals surface area contributed by atoms with Crippen molar-refractivity contribution >= 4 is 38.4 Å². The second-order valence-corrected chi connectivity index (χ2v) is 5.57. The van der Waals surface area contributed by atoms with E-state index >= 15 is 0 Å². The fraction of sp³-hybridized carbons (Fsp3) is 0.0625. The summed E-state index contributed by atoms with van der Waals surface area (Å²) in [5.41, 5.74) is 0.809. The van der Waals surface area contributed by atoms with E-state index < -0.39 is 11.7 Å². The maximum absolute atomic E-state index is 13.5. The maximum Gasteiger partial charge on any atom is 0.262 e. The van der Waals surface area contributed by atoms with Crippen molar-refractivity contribution in [3.05, 3.63) is 59.1 Å². The summed E-state index contributed by atoms with van der Waals surface area (Å²) in [4.78, 5) is 20.0. The number of ether oxygens (including phenoxy) is 1. The summed E-state index contributed by atoms with van der Waals surface area (Å²) in [5.74, 6) is -0.686. The largest absolute Gasteiger partial charge is 0.467 e. The molecule has 2 aromatic carbocycles. The highest BCUT2D eigenvalue weighted by Gasteiger charge is 2.10. The van der Waals surface area contributed by atoms with Crippen LogP contribution in [0.3, 0.4) is 0 Å². The number of nitrogens with one attached hydrogen (secondary N) is 1. The van der Waals surface area contributed by atoms with Gasteiger partial charge in [0.15, 0.2) is 6.61 Å². The Bertz CT molecular complexity index is 873. The molecule has 0 atom stereocenters. The van der Waals surface area contributed by atoms with Crippen LogP contribution in [0.25, 0.3) is 10.9 Å². The standard InChI is InChI=1S/C16H11BrFN3O2/c17-10-5-6-13-11(7-10)16(20-9-19-13)23-8-15(22)21-14-4-2-1-3-12(14)18/h1-7,9H,8H2,(H,21,22). The molecule has 0 saturated heterocycles. The number of anilines is 1. The summed E-state index contributed by atoms with van der Waals surface area (Å²) in [7, 11) is 0. The molecule has 0 spiro atoms. The van der Waals surface area contributed by atoms with Crippen molar-refractivity contribution < 1.29 is 13.9 Å². The van der Waals surface area contributed by atoms with Crippen molar-refractivity contribution in [3.63, 3.8) is 0 Å². The number of hydrogen-bond acceptors (Lipinski definition) is 4. The molecule has 0 aliphatic rings. The van der Waals surface area contributed by atoms with E-state index in [1.807, 2.05) is 12.1 Å². The van der Waals surface area contributed by atoms with Crippen LogP contribution in [0.2, 0.25) is 0 Å². The number of carbonyl (C=O) groups excluding carboxylic acids is 1. The first-order chi connectivity index (χ1) is 11.1. The molecular formula is C16H11BrFN3O2. The van der Waals surface area contributed by atoms with Crippen LogP contribution in [0.1, 0.15) is 0 Å². The third kappa shape index (κ3) is 3.62. The van der Waals surface area contributed by atoms with Gasteiger partial charge in [-0.1, -0.05) is 28.1 Å². The van der Waals surface area contributed by atoms with Crippen LogP contribution in [0.4, 0.5) is 10.1 Å². The second kappa shape index (κ2) is 6.70. The number of aromatic nitrogens is 2. The number of rotatable bonds is 4. The van der Waals surface area contributed by atoms with Gasteiger partial charge in [-0.3, -0.25) is 4.79 Å². The molecule has 0 aliphatic carbocycles. The minimum Gasteiger partial charge on any atom is -0.467 e. The van der Waals surface area contributed by atoms with Crippen LogP contribution in [0, 0.1) is 5.82 Å². The molecular weight excluding hydrogens is 365 g/mol. The van der Waals surface area contributed by atoms with Crippen molar-refractivity contribution in [1.82, 2.24) is 9.97 Å². The van der Waals surface area contributed by atoms with Crippen molar-refractivity contribution in [2.24, 2.45) is 0 Å². The Kier molecular flexibility index (Phi) is 4.47. The molecule has 7 heteroatoms. The van der Waals surface area contributed by atoms with Gasteiger partial charge in [0.2, 0.25) is 5.88 Å². The second-order valence-electron chi connectivity index (χ2n) is 4.66. The topological polar surface area (TPSA) is 64.1 Å². The van der Waals surface area contributed by atoms with Crippen LogP contribution in [0.15, 0.2) is 53.3 Å². The first-order valence-electron chi connectivity index (χ1n) is 6.71. The lowest BCUT2D eigenvalue weighted by Crippen LogP contribution is -2.21. The number of amides is 1. The molecule has 0 unspecified atom stereocenters. The van der Waals surface area contributed by atoms with Crippen LogP contribution < -0.4 is 10.1 Å². The normalized spacial score (nSPS) is 10.5. The van der Waals surface area contributed by atoms with Crippen molar-refractivity contribution in [1.29, 1.82) is 0 Å². The Hall–Kier alpha value is -2.54. The monoisotopic (exact) mass is 375 g/mol. The van der Waals surface area contributed by atoms with Crippen molar-refractivity contribution in [2.45, 2.75) is 0 Å². The van der Waals surface area contributed by atoms with Gasteiger partial charge in [0.05, 0.1) is 16.6 Å². The van der Waals surface area contributed by atoms with E-state index in [0.29, 0.717) is 16.8 Å². The summed E-state index contributed by atoms with van der Waals surface area (Å²) in [6, 6.07) is 11.4. The highest BCUT2D eigenvalue weighted by molar-refractivity contribution is 9.10. The van der Waals surface area contributed by atoms with E-state index in [4.69, 9.17) is 4.74 Å². The zero-order chi connectivity index (χ0) is 16.2. The van der Waals surface area contributed by atoms with Gasteiger partial charge in [-0.15, -0.1) is 0 Å². The van der Waals surface area contributed by atoms with E-state index in [-0.39, 0.29) is 12.3 Å². The molecule has 0 bridgehead atoms. The summed E-state index contributed by atoms with van der Waals surface area (Å²) < 4.78 is 19.8. The Morgan fingerprint density at radius 2 is 2.04 bits per heavy atom. The van der Waals surface area contributed by atoms with Crippen LogP contribution >= 0.6 is 15.9 Å². The first kappa shape index (κ1) is 15.4. The molecule has 3 aromatic rings. The number of fused-ring (bicyclic) bond motifs is 1. The predicted molar refractivity (Wildman–Crippen MR) is 87.8 cm³/mol. The molecule has 23 heavy (non-hydrogen) atoms. The van der Waals surface area contributed by atoms with Gasteiger partial charge in [-0.05, 0) is 30.3 Å². The van der Waals surface area contributed by atoms with E-state index in [2.05, 4.69) is 31.2 Å². The minimum absolute atomic E-state index is 0.108. The molecule has 1 N–H and O–H groups in total. The third-order valence-corrected chi connectivity index (χ3v) is 3.54. The molecule has 0 radical (unpaired) electrons. The van der Waals surface area contributed by atoms with Gasteiger partial charge < -0.3 is 10.1 Å².